The van der Waals surface area contributed by atoms with Gasteiger partial charge in [-0.15, -0.1) is 0 Å². The minimum absolute atomic E-state index is 0. The number of unbranched alkanes of at least 4 members (excludes halogenated alkanes) is 2. The first-order valence-electron chi connectivity index (χ1n) is 9.68. The summed E-state index contributed by atoms with van der Waals surface area (Å²) in [6, 6.07) is 0. The van der Waals surface area contributed by atoms with Crippen LogP contribution < -0.4 is 0 Å². The molecule has 0 aliphatic carbocycles. The third-order valence-electron chi connectivity index (χ3n) is 3.66. The van der Waals surface area contributed by atoms with Crippen molar-refractivity contribution < 1.29 is 19.5 Å². The number of thiocarbonyl (C=S) groups is 2. The van der Waals surface area contributed by atoms with Crippen LogP contribution in [0.25, 0.3) is 0 Å². The maximum absolute atomic E-state index is 5.46. The Balaban J connectivity index is -0.000000146. The van der Waals surface area contributed by atoms with Gasteiger partial charge in [-0.05, 0) is 27.7 Å². The number of hydrogen-bond acceptors (Lipinski definition) is 5. The van der Waals surface area contributed by atoms with Gasteiger partial charge in [0.15, 0.2) is 0 Å². The Hall–Kier alpha value is 1.86. The molecule has 0 aliphatic rings. The van der Waals surface area contributed by atoms with E-state index in [-0.39, 0.29) is 19.5 Å². The number of nitrogens with zero attached hydrogens (tertiary/aromatic N) is 2. The molecule has 2 nitrogen and oxygen atoms in total. The summed E-state index contributed by atoms with van der Waals surface area (Å²) in [5.41, 5.74) is 0. The van der Waals surface area contributed by atoms with Crippen molar-refractivity contribution in [1.82, 2.24) is 9.80 Å². The molecule has 0 spiro atoms. The van der Waals surface area contributed by atoms with Crippen LogP contribution in [0.3, 0.4) is 0 Å². The summed E-state index contributed by atoms with van der Waals surface area (Å²) in [6.45, 7) is 16.4. The zero-order valence-electron chi connectivity index (χ0n) is 18.2. The molecule has 0 bridgehead atoms. The molecule has 0 radical (unpaired) electrons. The molecule has 0 heterocycles. The van der Waals surface area contributed by atoms with Gasteiger partial charge < -0.3 is 59.5 Å². The van der Waals surface area contributed by atoms with Crippen LogP contribution in [0.5, 0.6) is 0 Å². The molecule has 0 saturated carbocycles. The summed E-state index contributed by atoms with van der Waals surface area (Å²) in [4.78, 5) is 3.93. The average molecular weight is 627 g/mol. The SMILES string of the molecule is CCC[CH2][Sn](=[S])[CH2]CCC.CCN(CC)C(=S)[S-].CCN(CC)C(=S)[S-].[Zn+2]. The van der Waals surface area contributed by atoms with Gasteiger partial charge in [-0.2, -0.15) is 0 Å². The van der Waals surface area contributed by atoms with E-state index in [1.165, 1.54) is 34.6 Å². The zero-order valence-corrected chi connectivity index (χ0v) is 28.1. The quantitative estimate of drug-likeness (QED) is 0.162. The van der Waals surface area contributed by atoms with Gasteiger partial charge in [-0.25, -0.2) is 0 Å². The van der Waals surface area contributed by atoms with Gasteiger partial charge in [0, 0.05) is 26.2 Å². The van der Waals surface area contributed by atoms with Crippen LogP contribution in [0.15, 0.2) is 0 Å². The summed E-state index contributed by atoms with van der Waals surface area (Å²) < 4.78 is 4.06. The van der Waals surface area contributed by atoms with Gasteiger partial charge in [-0.3, -0.25) is 0 Å². The van der Waals surface area contributed by atoms with E-state index in [4.69, 9.17) is 59.0 Å². The number of hydrogen-bond donors (Lipinski definition) is 0. The summed E-state index contributed by atoms with van der Waals surface area (Å²) in [7, 11) is 5.46. The molecule has 0 aliphatic heterocycles. The van der Waals surface area contributed by atoms with Crippen molar-refractivity contribution in [2.75, 3.05) is 26.2 Å². The molecule has 0 fully saturated rings. The van der Waals surface area contributed by atoms with Crippen LogP contribution >= 0.6 is 33.7 Å². The van der Waals surface area contributed by atoms with Gasteiger partial charge in [0.05, 0.1) is 0 Å². The fourth-order valence-corrected chi connectivity index (χ4v) is 9.79. The smallest absolute Gasteiger partial charge is 0.411 e. The summed E-state index contributed by atoms with van der Waals surface area (Å²) in [5, 5.41) is 0. The van der Waals surface area contributed by atoms with Gasteiger partial charge in [0.2, 0.25) is 0 Å². The van der Waals surface area contributed by atoms with Crippen molar-refractivity contribution in [1.29, 1.82) is 0 Å². The Morgan fingerprint density at radius 1 is 0.704 bits per heavy atom. The van der Waals surface area contributed by atoms with Crippen LogP contribution in [0.1, 0.15) is 67.2 Å². The molecule has 0 aromatic carbocycles. The Morgan fingerprint density at radius 3 is 1.07 bits per heavy atom. The van der Waals surface area contributed by atoms with E-state index in [0.29, 0.717) is 8.64 Å². The van der Waals surface area contributed by atoms with E-state index < -0.39 is 17.8 Å². The minimum atomic E-state index is -1.16. The van der Waals surface area contributed by atoms with Crippen molar-refractivity contribution in [3.63, 3.8) is 0 Å². The molecule has 27 heavy (non-hydrogen) atoms. The standard InChI is InChI=1S/2C5H11NS2.2C4H9.S.Sn.Zn/c2*1-3-6(4-2)5(7)8;2*1-3-4-2;;;/h2*3-4H2,1-2H3,(H,7,8);2*1,3-4H2,2H3;;;/q;;;;;;+2/p-2. The van der Waals surface area contributed by atoms with Crippen LogP contribution in [0.2, 0.25) is 8.87 Å². The van der Waals surface area contributed by atoms with Crippen molar-refractivity contribution in [2.24, 2.45) is 0 Å². The molecular weight excluding hydrogens is 589 g/mol. The van der Waals surface area contributed by atoms with E-state index in [9.17, 15) is 0 Å². The monoisotopic (exact) mass is 626 g/mol. The van der Waals surface area contributed by atoms with Crippen molar-refractivity contribution >= 4 is 85.4 Å². The zero-order chi connectivity index (χ0) is 21.0. The normalized spacial score (nSPS) is 8.81. The molecular formula is C18H38N2S5SnZn. The van der Waals surface area contributed by atoms with E-state index in [2.05, 4.69) is 13.8 Å². The maximum atomic E-state index is 5.46. The van der Waals surface area contributed by atoms with Gasteiger partial charge in [-0.1, -0.05) is 8.64 Å². The Kier molecular flexibility index (Phi) is 37.4. The first kappa shape index (κ1) is 36.2. The van der Waals surface area contributed by atoms with Crippen LogP contribution in [-0.4, -0.2) is 62.4 Å². The number of rotatable bonds is 10. The molecule has 0 atom stereocenters. The van der Waals surface area contributed by atoms with Crippen molar-refractivity contribution in [2.45, 2.75) is 76.1 Å². The van der Waals surface area contributed by atoms with E-state index in [1.807, 2.05) is 37.5 Å². The van der Waals surface area contributed by atoms with Crippen LogP contribution in [-0.2, 0) is 44.7 Å². The molecule has 0 unspecified atom stereocenters. The minimum Gasteiger partial charge on any atom is -0.411 e. The average Bonchev–Trinajstić information content (AvgIpc) is 2.60. The second-order valence-corrected chi connectivity index (χ2v) is 17.5. The van der Waals surface area contributed by atoms with Crippen molar-refractivity contribution in [3.05, 3.63) is 0 Å². The van der Waals surface area contributed by atoms with Crippen LogP contribution in [0.4, 0.5) is 0 Å². The summed E-state index contributed by atoms with van der Waals surface area (Å²) >= 11 is 17.9. The van der Waals surface area contributed by atoms with Gasteiger partial charge in [0.25, 0.3) is 0 Å². The van der Waals surface area contributed by atoms with Gasteiger partial charge in [0.1, 0.15) is 0 Å². The molecule has 156 valence electrons. The Labute approximate surface area is 214 Å². The molecule has 0 aromatic rings. The van der Waals surface area contributed by atoms with E-state index >= 15 is 0 Å². The maximum Gasteiger partial charge on any atom is 2.00 e. The predicted molar refractivity (Wildman–Crippen MR) is 139 cm³/mol. The molecule has 0 aromatic heterocycles. The second kappa shape index (κ2) is 27.9. The Bertz CT molecular complexity index is 334. The molecule has 0 amide bonds. The fraction of sp³-hybridized carbons (Fsp3) is 0.889. The molecule has 0 rings (SSSR count). The second-order valence-electron chi connectivity index (χ2n) is 5.62. The summed E-state index contributed by atoms with van der Waals surface area (Å²) in [5.74, 6) is 0. The van der Waals surface area contributed by atoms with Crippen molar-refractivity contribution in [3.8, 4) is 0 Å². The third-order valence-corrected chi connectivity index (χ3v) is 12.6. The topological polar surface area (TPSA) is 6.48 Å². The Morgan fingerprint density at radius 2 is 0.963 bits per heavy atom. The fourth-order valence-electron chi connectivity index (χ4n) is 1.84. The predicted octanol–water partition coefficient (Wildman–Crippen LogP) is 6.09. The van der Waals surface area contributed by atoms with E-state index in [1.54, 1.807) is 0 Å². The first-order chi connectivity index (χ1) is 12.2. The van der Waals surface area contributed by atoms with Crippen LogP contribution in [0, 0.1) is 0 Å². The first-order valence-corrected chi connectivity index (χ1v) is 19.3. The molecule has 0 saturated heterocycles. The molecule has 9 heteroatoms. The summed E-state index contributed by atoms with van der Waals surface area (Å²) in [6.07, 6.45) is 5.49. The van der Waals surface area contributed by atoms with Gasteiger partial charge >= 0.3 is 95.0 Å². The third kappa shape index (κ3) is 27.9. The molecule has 0 N–H and O–H groups in total. The largest absolute Gasteiger partial charge is 2.00 e. The van der Waals surface area contributed by atoms with E-state index in [0.717, 1.165) is 26.2 Å².